The zero-order valence-corrected chi connectivity index (χ0v) is 9.70. The third kappa shape index (κ3) is 2.73. The van der Waals surface area contributed by atoms with Crippen LogP contribution in [0.2, 0.25) is 0 Å². The van der Waals surface area contributed by atoms with Crippen molar-refractivity contribution in [3.63, 3.8) is 0 Å². The van der Waals surface area contributed by atoms with Gasteiger partial charge in [0.15, 0.2) is 0 Å². The highest BCUT2D eigenvalue weighted by Gasteiger charge is 2.29. The van der Waals surface area contributed by atoms with E-state index in [4.69, 9.17) is 0 Å². The maximum Gasteiger partial charge on any atom is 0.209 e. The van der Waals surface area contributed by atoms with Crippen LogP contribution in [0.3, 0.4) is 0 Å². The number of hydrogen-bond acceptors (Lipinski definition) is 1. The molecule has 14 heavy (non-hydrogen) atoms. The highest BCUT2D eigenvalue weighted by molar-refractivity contribution is 5.48. The second-order valence-electron chi connectivity index (χ2n) is 4.77. The van der Waals surface area contributed by atoms with Crippen LogP contribution in [0.25, 0.3) is 0 Å². The second-order valence-corrected chi connectivity index (χ2v) is 4.77. The van der Waals surface area contributed by atoms with Crippen LogP contribution in [0.1, 0.15) is 46.5 Å². The lowest BCUT2D eigenvalue weighted by Crippen LogP contribution is -2.31. The molecule has 0 bridgehead atoms. The van der Waals surface area contributed by atoms with Crippen LogP contribution in [-0.2, 0) is 4.79 Å². The van der Waals surface area contributed by atoms with Crippen molar-refractivity contribution in [1.82, 2.24) is 4.90 Å². The molecule has 3 atom stereocenters. The first-order valence-corrected chi connectivity index (χ1v) is 5.90. The summed E-state index contributed by atoms with van der Waals surface area (Å²) in [6, 6.07) is 0.515. The van der Waals surface area contributed by atoms with E-state index in [0.29, 0.717) is 12.0 Å². The van der Waals surface area contributed by atoms with E-state index in [1.54, 1.807) is 0 Å². The van der Waals surface area contributed by atoms with E-state index >= 15 is 0 Å². The minimum atomic E-state index is 0.515. The molecule has 0 aliphatic carbocycles. The van der Waals surface area contributed by atoms with Gasteiger partial charge in [-0.1, -0.05) is 27.2 Å². The van der Waals surface area contributed by atoms with Gasteiger partial charge in [-0.15, -0.1) is 0 Å². The minimum absolute atomic E-state index is 0.515. The summed E-state index contributed by atoms with van der Waals surface area (Å²) in [6.07, 6.45) is 5.92. The van der Waals surface area contributed by atoms with Crippen LogP contribution in [0, 0.1) is 11.8 Å². The topological polar surface area (TPSA) is 20.3 Å². The van der Waals surface area contributed by atoms with Gasteiger partial charge in [0.2, 0.25) is 6.41 Å². The van der Waals surface area contributed by atoms with E-state index in [1.165, 1.54) is 25.7 Å². The first-order valence-electron chi connectivity index (χ1n) is 5.90. The number of nitrogens with zero attached hydrogens (tertiary/aromatic N) is 1. The molecular formula is C12H23NO. The molecule has 0 radical (unpaired) electrons. The number of amides is 1. The van der Waals surface area contributed by atoms with Gasteiger partial charge in [0.1, 0.15) is 0 Å². The maximum absolute atomic E-state index is 10.8. The molecule has 0 N–H and O–H groups in total. The van der Waals surface area contributed by atoms with Gasteiger partial charge in [0.25, 0.3) is 0 Å². The molecule has 1 aliphatic rings. The Morgan fingerprint density at radius 3 is 2.86 bits per heavy atom. The van der Waals surface area contributed by atoms with Crippen molar-refractivity contribution in [3.05, 3.63) is 0 Å². The third-order valence-electron chi connectivity index (χ3n) is 3.71. The SMILES string of the molecule is CCC(C)CCC1C(C)CCN1C=O. The summed E-state index contributed by atoms with van der Waals surface area (Å²) in [5.74, 6) is 1.50. The molecule has 1 aliphatic heterocycles. The molecule has 1 amide bonds. The maximum atomic E-state index is 10.8. The van der Waals surface area contributed by atoms with E-state index in [1.807, 2.05) is 4.90 Å². The second kappa shape index (κ2) is 5.38. The van der Waals surface area contributed by atoms with Crippen molar-refractivity contribution in [2.75, 3.05) is 6.54 Å². The van der Waals surface area contributed by atoms with Gasteiger partial charge in [-0.05, 0) is 31.1 Å². The third-order valence-corrected chi connectivity index (χ3v) is 3.71. The fraction of sp³-hybridized carbons (Fsp3) is 0.917. The average molecular weight is 197 g/mol. The molecule has 82 valence electrons. The van der Waals surface area contributed by atoms with E-state index in [9.17, 15) is 4.79 Å². The Morgan fingerprint density at radius 1 is 1.57 bits per heavy atom. The summed E-state index contributed by atoms with van der Waals surface area (Å²) in [5, 5.41) is 0. The van der Waals surface area contributed by atoms with Crippen molar-refractivity contribution in [1.29, 1.82) is 0 Å². The highest BCUT2D eigenvalue weighted by Crippen LogP contribution is 2.27. The molecule has 0 aromatic heterocycles. The van der Waals surface area contributed by atoms with Gasteiger partial charge >= 0.3 is 0 Å². The summed E-state index contributed by atoms with van der Waals surface area (Å²) >= 11 is 0. The fourth-order valence-corrected chi connectivity index (χ4v) is 2.28. The first-order chi connectivity index (χ1) is 6.69. The van der Waals surface area contributed by atoms with Gasteiger partial charge in [-0.2, -0.15) is 0 Å². The summed E-state index contributed by atoms with van der Waals surface area (Å²) < 4.78 is 0. The number of likely N-dealkylation sites (tertiary alicyclic amines) is 1. The van der Waals surface area contributed by atoms with Crippen molar-refractivity contribution in [2.45, 2.75) is 52.5 Å². The quantitative estimate of drug-likeness (QED) is 0.620. The molecule has 1 saturated heterocycles. The molecule has 0 saturated carbocycles. The smallest absolute Gasteiger partial charge is 0.209 e. The summed E-state index contributed by atoms with van der Waals surface area (Å²) in [6.45, 7) is 7.77. The molecule has 3 unspecified atom stereocenters. The number of rotatable bonds is 5. The average Bonchev–Trinajstić information content (AvgIpc) is 2.55. The Kier molecular flexibility index (Phi) is 4.43. The Bertz CT molecular complexity index is 181. The van der Waals surface area contributed by atoms with Crippen LogP contribution in [0.5, 0.6) is 0 Å². The Hall–Kier alpha value is -0.530. The Morgan fingerprint density at radius 2 is 2.29 bits per heavy atom. The van der Waals surface area contributed by atoms with Crippen LogP contribution < -0.4 is 0 Å². The van der Waals surface area contributed by atoms with Gasteiger partial charge in [-0.25, -0.2) is 0 Å². The fourth-order valence-electron chi connectivity index (χ4n) is 2.28. The van der Waals surface area contributed by atoms with Crippen molar-refractivity contribution in [3.8, 4) is 0 Å². The lowest BCUT2D eigenvalue weighted by Gasteiger charge is -2.24. The van der Waals surface area contributed by atoms with Gasteiger partial charge in [0.05, 0.1) is 0 Å². The summed E-state index contributed by atoms with van der Waals surface area (Å²) in [4.78, 5) is 12.8. The Labute approximate surface area is 87.7 Å². The van der Waals surface area contributed by atoms with Crippen molar-refractivity contribution in [2.24, 2.45) is 11.8 Å². The molecule has 2 nitrogen and oxygen atoms in total. The number of hydrogen-bond donors (Lipinski definition) is 0. The molecule has 1 heterocycles. The van der Waals surface area contributed by atoms with Crippen LogP contribution in [-0.4, -0.2) is 23.9 Å². The van der Waals surface area contributed by atoms with Gasteiger partial charge in [-0.3, -0.25) is 4.79 Å². The predicted molar refractivity (Wildman–Crippen MR) is 59.0 cm³/mol. The molecular weight excluding hydrogens is 174 g/mol. The summed E-state index contributed by atoms with van der Waals surface area (Å²) in [5.41, 5.74) is 0. The lowest BCUT2D eigenvalue weighted by atomic mass is 9.93. The molecule has 2 heteroatoms. The minimum Gasteiger partial charge on any atom is -0.342 e. The first kappa shape index (κ1) is 11.5. The van der Waals surface area contributed by atoms with E-state index in [2.05, 4.69) is 20.8 Å². The van der Waals surface area contributed by atoms with Crippen LogP contribution in [0.4, 0.5) is 0 Å². The number of carbonyl (C=O) groups is 1. The molecule has 1 fully saturated rings. The van der Waals surface area contributed by atoms with Gasteiger partial charge in [0, 0.05) is 12.6 Å². The highest BCUT2D eigenvalue weighted by atomic mass is 16.1. The van der Waals surface area contributed by atoms with Crippen LogP contribution in [0.15, 0.2) is 0 Å². The summed E-state index contributed by atoms with van der Waals surface area (Å²) in [7, 11) is 0. The Balaban J connectivity index is 2.37. The molecule has 0 spiro atoms. The van der Waals surface area contributed by atoms with Crippen molar-refractivity contribution >= 4 is 6.41 Å². The zero-order valence-electron chi connectivity index (χ0n) is 9.70. The monoisotopic (exact) mass is 197 g/mol. The molecule has 1 rings (SSSR count). The number of carbonyl (C=O) groups excluding carboxylic acids is 1. The normalized spacial score (nSPS) is 29.2. The molecule has 0 aromatic carbocycles. The van der Waals surface area contributed by atoms with Crippen molar-refractivity contribution < 1.29 is 4.79 Å². The van der Waals surface area contributed by atoms with E-state index in [-0.39, 0.29) is 0 Å². The van der Waals surface area contributed by atoms with Gasteiger partial charge < -0.3 is 4.90 Å². The predicted octanol–water partition coefficient (Wildman–Crippen LogP) is 2.68. The molecule has 0 aromatic rings. The standard InChI is InChI=1S/C12H23NO/c1-4-10(2)5-6-12-11(3)7-8-13(12)9-14/h9-12H,4-8H2,1-3H3. The van der Waals surface area contributed by atoms with E-state index in [0.717, 1.165) is 18.9 Å². The lowest BCUT2D eigenvalue weighted by molar-refractivity contribution is -0.119. The van der Waals surface area contributed by atoms with E-state index < -0.39 is 0 Å². The zero-order chi connectivity index (χ0) is 10.6. The largest absolute Gasteiger partial charge is 0.342 e. The van der Waals surface area contributed by atoms with Crippen LogP contribution >= 0.6 is 0 Å².